The average molecular weight is 220 g/mol. The summed E-state index contributed by atoms with van der Waals surface area (Å²) in [6.07, 6.45) is 1.42. The van der Waals surface area contributed by atoms with Gasteiger partial charge in [0, 0.05) is 6.92 Å². The lowest BCUT2D eigenvalue weighted by molar-refractivity contribution is 0.0690. The number of carboxylic acids is 1. The minimum Gasteiger partial charge on any atom is -0.477 e. The summed E-state index contributed by atoms with van der Waals surface area (Å²) < 4.78 is 5.17. The lowest BCUT2D eigenvalue weighted by Crippen LogP contribution is -2.13. The minimum atomic E-state index is -1.18. The van der Waals surface area contributed by atoms with Crippen molar-refractivity contribution < 1.29 is 14.3 Å². The van der Waals surface area contributed by atoms with Crippen LogP contribution in [0.5, 0.6) is 0 Å². The lowest BCUT2D eigenvalue weighted by Gasteiger charge is -1.97. The number of H-pyrrole nitrogens is 1. The van der Waals surface area contributed by atoms with Crippen molar-refractivity contribution in [2.75, 3.05) is 0 Å². The number of aromatic amines is 1. The Morgan fingerprint density at radius 1 is 1.50 bits per heavy atom. The second-order valence-corrected chi connectivity index (χ2v) is 3.16. The van der Waals surface area contributed by atoms with Crippen LogP contribution in [0.4, 0.5) is 0 Å². The van der Waals surface area contributed by atoms with Gasteiger partial charge in [-0.05, 0) is 12.1 Å². The molecule has 2 heterocycles. The predicted octanol–water partition coefficient (Wildman–Crippen LogP) is 1.04. The number of carbonyl (C=O) groups is 1. The van der Waals surface area contributed by atoms with Crippen LogP contribution in [-0.4, -0.2) is 21.0 Å². The fraction of sp³-hybridized carbons (Fsp3) is 0.100. The molecular weight excluding hydrogens is 212 g/mol. The zero-order chi connectivity index (χ0) is 11.7. The van der Waals surface area contributed by atoms with E-state index in [1.165, 1.54) is 18.3 Å². The number of hydrogen-bond acceptors (Lipinski definition) is 4. The fourth-order valence-corrected chi connectivity index (χ4v) is 1.28. The quantitative estimate of drug-likeness (QED) is 0.788. The van der Waals surface area contributed by atoms with Gasteiger partial charge in [0.1, 0.15) is 5.69 Å². The first-order chi connectivity index (χ1) is 7.58. The number of aromatic carboxylic acids is 1. The molecule has 6 nitrogen and oxygen atoms in total. The fourth-order valence-electron chi connectivity index (χ4n) is 1.28. The molecule has 0 unspecified atom stereocenters. The Bertz CT molecular complexity index is 597. The van der Waals surface area contributed by atoms with Gasteiger partial charge in [0.25, 0.3) is 5.56 Å². The molecule has 16 heavy (non-hydrogen) atoms. The van der Waals surface area contributed by atoms with Crippen molar-refractivity contribution in [3.05, 3.63) is 40.3 Å². The summed E-state index contributed by atoms with van der Waals surface area (Å²) in [5, 5.41) is 8.67. The second kappa shape index (κ2) is 3.65. The molecule has 0 amide bonds. The third-order valence-corrected chi connectivity index (χ3v) is 2.03. The van der Waals surface area contributed by atoms with Gasteiger partial charge >= 0.3 is 5.97 Å². The van der Waals surface area contributed by atoms with Gasteiger partial charge in [-0.15, -0.1) is 0 Å². The number of oxazole rings is 1. The van der Waals surface area contributed by atoms with Crippen molar-refractivity contribution in [2.24, 2.45) is 0 Å². The summed E-state index contributed by atoms with van der Waals surface area (Å²) in [6, 6.07) is 2.69. The van der Waals surface area contributed by atoms with Crippen molar-refractivity contribution in [3.63, 3.8) is 0 Å². The van der Waals surface area contributed by atoms with E-state index in [-0.39, 0.29) is 11.3 Å². The van der Waals surface area contributed by atoms with E-state index >= 15 is 0 Å². The Labute approximate surface area is 89.6 Å². The van der Waals surface area contributed by atoms with Gasteiger partial charge < -0.3 is 14.5 Å². The second-order valence-electron chi connectivity index (χ2n) is 3.16. The maximum Gasteiger partial charge on any atom is 0.352 e. The Morgan fingerprint density at radius 2 is 2.25 bits per heavy atom. The van der Waals surface area contributed by atoms with Crippen molar-refractivity contribution in [2.45, 2.75) is 6.92 Å². The van der Waals surface area contributed by atoms with Crippen LogP contribution in [0.15, 0.2) is 27.5 Å². The Hall–Kier alpha value is -2.37. The molecule has 0 aliphatic carbocycles. The highest BCUT2D eigenvalue weighted by atomic mass is 16.4. The molecule has 0 saturated carbocycles. The van der Waals surface area contributed by atoms with Crippen molar-refractivity contribution in [1.82, 2.24) is 9.97 Å². The largest absolute Gasteiger partial charge is 0.477 e. The normalized spacial score (nSPS) is 10.3. The summed E-state index contributed by atoms with van der Waals surface area (Å²) in [5.74, 6) is -0.426. The van der Waals surface area contributed by atoms with Gasteiger partial charge in [0.05, 0.1) is 11.8 Å². The smallest absolute Gasteiger partial charge is 0.352 e. The van der Waals surface area contributed by atoms with E-state index in [4.69, 9.17) is 9.52 Å². The summed E-state index contributed by atoms with van der Waals surface area (Å²) in [6.45, 7) is 1.66. The molecule has 0 aromatic carbocycles. The van der Waals surface area contributed by atoms with E-state index in [0.717, 1.165) is 0 Å². The molecule has 6 heteroatoms. The van der Waals surface area contributed by atoms with Crippen LogP contribution in [0.3, 0.4) is 0 Å². The van der Waals surface area contributed by atoms with E-state index in [0.29, 0.717) is 11.7 Å². The van der Waals surface area contributed by atoms with E-state index < -0.39 is 11.5 Å². The number of hydrogen-bond donors (Lipinski definition) is 2. The predicted molar refractivity (Wildman–Crippen MR) is 54.3 cm³/mol. The number of aryl methyl sites for hydroxylation is 1. The highest BCUT2D eigenvalue weighted by Crippen LogP contribution is 2.15. The highest BCUT2D eigenvalue weighted by molar-refractivity contribution is 5.85. The lowest BCUT2D eigenvalue weighted by atomic mass is 10.2. The van der Waals surface area contributed by atoms with Gasteiger partial charge in [0.2, 0.25) is 0 Å². The SMILES string of the molecule is Cc1ncc(-c2ccc(C(=O)O)[nH]c2=O)o1. The summed E-state index contributed by atoms with van der Waals surface area (Å²) in [5.41, 5.74) is -0.424. The first-order valence-corrected chi connectivity index (χ1v) is 4.47. The molecule has 2 N–H and O–H groups in total. The maximum atomic E-state index is 11.5. The standard InChI is InChI=1S/C10H8N2O4/c1-5-11-4-8(16-5)6-2-3-7(10(14)15)12-9(6)13/h2-4H,1H3,(H,12,13)(H,14,15). The van der Waals surface area contributed by atoms with Gasteiger partial charge in [0.15, 0.2) is 11.7 Å². The number of carboxylic acid groups (broad SMARTS) is 1. The van der Waals surface area contributed by atoms with Gasteiger partial charge in [-0.1, -0.05) is 0 Å². The molecule has 0 fully saturated rings. The minimum absolute atomic E-state index is 0.162. The molecule has 0 aliphatic rings. The van der Waals surface area contributed by atoms with Crippen molar-refractivity contribution in [1.29, 1.82) is 0 Å². The first kappa shape index (κ1) is 10.2. The molecule has 0 bridgehead atoms. The van der Waals surface area contributed by atoms with Gasteiger partial charge in [-0.2, -0.15) is 0 Å². The third-order valence-electron chi connectivity index (χ3n) is 2.03. The van der Waals surface area contributed by atoms with E-state index in [1.807, 2.05) is 0 Å². The number of nitrogens with zero attached hydrogens (tertiary/aromatic N) is 1. The molecule has 2 aromatic rings. The molecular formula is C10H8N2O4. The average Bonchev–Trinajstić information content (AvgIpc) is 2.64. The molecule has 0 aliphatic heterocycles. The van der Waals surface area contributed by atoms with Crippen LogP contribution in [0.1, 0.15) is 16.4 Å². The van der Waals surface area contributed by atoms with Gasteiger partial charge in [-0.25, -0.2) is 9.78 Å². The zero-order valence-electron chi connectivity index (χ0n) is 8.35. The van der Waals surface area contributed by atoms with Crippen LogP contribution < -0.4 is 5.56 Å². The zero-order valence-corrected chi connectivity index (χ0v) is 8.35. The van der Waals surface area contributed by atoms with Crippen LogP contribution in [0.25, 0.3) is 11.3 Å². The Balaban J connectivity index is 2.52. The Kier molecular flexibility index (Phi) is 2.32. The maximum absolute atomic E-state index is 11.5. The number of aromatic nitrogens is 2. The molecule has 0 radical (unpaired) electrons. The molecule has 82 valence electrons. The summed E-state index contributed by atoms with van der Waals surface area (Å²) >= 11 is 0. The summed E-state index contributed by atoms with van der Waals surface area (Å²) in [7, 11) is 0. The number of rotatable bonds is 2. The topological polar surface area (TPSA) is 96.2 Å². The van der Waals surface area contributed by atoms with Crippen LogP contribution in [0, 0.1) is 6.92 Å². The first-order valence-electron chi connectivity index (χ1n) is 4.47. The van der Waals surface area contributed by atoms with E-state index in [9.17, 15) is 9.59 Å². The van der Waals surface area contributed by atoms with E-state index in [1.54, 1.807) is 6.92 Å². The number of nitrogens with one attached hydrogen (secondary N) is 1. The van der Waals surface area contributed by atoms with Crippen LogP contribution in [-0.2, 0) is 0 Å². The van der Waals surface area contributed by atoms with Gasteiger partial charge in [-0.3, -0.25) is 4.79 Å². The molecule has 2 aromatic heterocycles. The Morgan fingerprint density at radius 3 is 2.75 bits per heavy atom. The molecule has 2 rings (SSSR count). The molecule has 0 atom stereocenters. The van der Waals surface area contributed by atoms with Crippen molar-refractivity contribution in [3.8, 4) is 11.3 Å². The highest BCUT2D eigenvalue weighted by Gasteiger charge is 2.11. The molecule has 0 spiro atoms. The summed E-state index contributed by atoms with van der Waals surface area (Å²) in [4.78, 5) is 28.2. The van der Waals surface area contributed by atoms with E-state index in [2.05, 4.69) is 9.97 Å². The van der Waals surface area contributed by atoms with Crippen molar-refractivity contribution >= 4 is 5.97 Å². The van der Waals surface area contributed by atoms with Crippen LogP contribution >= 0.6 is 0 Å². The molecule has 0 saturated heterocycles. The third kappa shape index (κ3) is 1.72. The number of pyridine rings is 1. The van der Waals surface area contributed by atoms with Crippen LogP contribution in [0.2, 0.25) is 0 Å². The monoisotopic (exact) mass is 220 g/mol.